The van der Waals surface area contributed by atoms with Crippen molar-refractivity contribution in [2.24, 2.45) is 34.1 Å². The summed E-state index contributed by atoms with van der Waals surface area (Å²) in [6.07, 6.45) is 9.06. The molecule has 0 radical (unpaired) electrons. The number of hydrogen-bond donors (Lipinski definition) is 4. The molecule has 0 spiro atoms. The molecule has 1 aromatic carbocycles. The summed E-state index contributed by atoms with van der Waals surface area (Å²) in [5.74, 6) is 2.03. The lowest BCUT2D eigenvalue weighted by Crippen LogP contribution is -2.78. The Kier molecular flexibility index (Phi) is 6.52. The maximum Gasteiger partial charge on any atom is 0.370 e. The zero-order valence-electron chi connectivity index (χ0n) is 21.9. The van der Waals surface area contributed by atoms with E-state index in [2.05, 4.69) is 57.5 Å². The number of quaternary nitrogens is 1. The SMILES string of the molecule is Cc1cc(OC(=O)C([NH3+])CCC[NH+]=C(N)N)cc2c1[C@]1(C)CCC3C(C)(C)CCC[C@]3(C)[C@H]1C2. The topological polar surface area (TPSA) is 120 Å². The van der Waals surface area contributed by atoms with Crippen LogP contribution in [0, 0.1) is 29.6 Å². The Hall–Kier alpha value is -2.08. The molecule has 6 heteroatoms. The lowest BCUT2D eigenvalue weighted by atomic mass is 9.43. The van der Waals surface area contributed by atoms with Crippen LogP contribution in [0.15, 0.2) is 12.1 Å². The first-order valence-electron chi connectivity index (χ1n) is 13.2. The summed E-state index contributed by atoms with van der Waals surface area (Å²) in [7, 11) is 0. The molecule has 8 N–H and O–H groups in total. The molecule has 2 fully saturated rings. The number of hydrogen-bond acceptors (Lipinski definition) is 2. The van der Waals surface area contributed by atoms with Crippen molar-refractivity contribution in [3.63, 3.8) is 0 Å². The van der Waals surface area contributed by atoms with Crippen LogP contribution >= 0.6 is 0 Å². The number of ether oxygens (including phenoxy) is 1. The number of rotatable bonds is 6. The van der Waals surface area contributed by atoms with Gasteiger partial charge >= 0.3 is 11.9 Å². The summed E-state index contributed by atoms with van der Waals surface area (Å²) in [5, 5.41) is 0. The standard InChI is InChI=1S/C28H44N4O2/c1-17-14-19(34-24(33)20(29)8-6-13-32-25(30)31)15-18-16-22-27(4)11-7-10-26(2,3)21(27)9-12-28(22,5)23(17)18/h14-15,20-22H,6-13,16,29H2,1-5H3,(H4,30,31,32)/p+2/t20?,21?,22-,27+,28-/m1/s1. The second-order valence-electron chi connectivity index (χ2n) is 12.5. The first kappa shape index (κ1) is 25.0. The van der Waals surface area contributed by atoms with Crippen LogP contribution in [0.3, 0.4) is 0 Å². The highest BCUT2D eigenvalue weighted by molar-refractivity contribution is 5.76. The van der Waals surface area contributed by atoms with Crippen LogP contribution in [0.4, 0.5) is 0 Å². The van der Waals surface area contributed by atoms with E-state index in [-0.39, 0.29) is 17.3 Å². The Morgan fingerprint density at radius 1 is 1.18 bits per heavy atom. The number of benzene rings is 1. The van der Waals surface area contributed by atoms with Crippen molar-refractivity contribution < 1.29 is 20.3 Å². The molecule has 6 nitrogen and oxygen atoms in total. The minimum Gasteiger partial charge on any atom is -0.422 e. The molecule has 3 aliphatic carbocycles. The highest BCUT2D eigenvalue weighted by Crippen LogP contribution is 2.67. The minimum absolute atomic E-state index is 0.197. The molecular weight excluding hydrogens is 424 g/mol. The van der Waals surface area contributed by atoms with Crippen molar-refractivity contribution in [3.05, 3.63) is 28.8 Å². The summed E-state index contributed by atoms with van der Waals surface area (Å²) in [6.45, 7) is 12.9. The van der Waals surface area contributed by atoms with Crippen molar-refractivity contribution in [1.82, 2.24) is 0 Å². The van der Waals surface area contributed by atoms with Gasteiger partial charge in [-0.3, -0.25) is 16.5 Å². The van der Waals surface area contributed by atoms with Gasteiger partial charge in [0, 0.05) is 6.42 Å². The fourth-order valence-electron chi connectivity index (χ4n) is 8.39. The molecule has 0 aliphatic heterocycles. The Morgan fingerprint density at radius 2 is 1.91 bits per heavy atom. The van der Waals surface area contributed by atoms with Gasteiger partial charge in [0.15, 0.2) is 6.04 Å². The first-order valence-corrected chi connectivity index (χ1v) is 13.2. The van der Waals surface area contributed by atoms with E-state index in [1.165, 1.54) is 48.8 Å². The normalized spacial score (nSPS) is 32.2. The van der Waals surface area contributed by atoms with Gasteiger partial charge in [-0.15, -0.1) is 0 Å². The molecule has 0 aromatic heterocycles. The first-order chi connectivity index (χ1) is 15.9. The van der Waals surface area contributed by atoms with E-state index >= 15 is 0 Å². The second kappa shape index (κ2) is 8.85. The van der Waals surface area contributed by atoms with Gasteiger partial charge in [0.1, 0.15) is 5.75 Å². The number of fused-ring (bicyclic) bond motifs is 5. The minimum atomic E-state index is -0.418. The lowest BCUT2D eigenvalue weighted by Gasteiger charge is -2.61. The summed E-state index contributed by atoms with van der Waals surface area (Å²) < 4.78 is 5.84. The Morgan fingerprint density at radius 3 is 2.62 bits per heavy atom. The zero-order chi connectivity index (χ0) is 24.9. The predicted molar refractivity (Wildman–Crippen MR) is 135 cm³/mol. The molecule has 4 rings (SSSR count). The lowest BCUT2D eigenvalue weighted by molar-refractivity contribution is -0.463. The van der Waals surface area contributed by atoms with Crippen molar-refractivity contribution >= 4 is 11.9 Å². The van der Waals surface area contributed by atoms with Crippen LogP contribution in [0.2, 0.25) is 0 Å². The van der Waals surface area contributed by atoms with Crippen LogP contribution in [-0.4, -0.2) is 24.5 Å². The highest BCUT2D eigenvalue weighted by atomic mass is 16.5. The third-order valence-electron chi connectivity index (χ3n) is 9.79. The molecule has 0 amide bonds. The van der Waals surface area contributed by atoms with Crippen LogP contribution in [-0.2, 0) is 16.6 Å². The van der Waals surface area contributed by atoms with Crippen LogP contribution in [0.5, 0.6) is 5.75 Å². The van der Waals surface area contributed by atoms with E-state index in [1.807, 2.05) is 0 Å². The molecule has 0 heterocycles. The maximum atomic E-state index is 12.7. The van der Waals surface area contributed by atoms with E-state index in [1.54, 1.807) is 0 Å². The molecule has 5 atom stereocenters. The van der Waals surface area contributed by atoms with Crippen molar-refractivity contribution in [1.29, 1.82) is 0 Å². The molecule has 188 valence electrons. The van der Waals surface area contributed by atoms with E-state index in [0.29, 0.717) is 35.5 Å². The van der Waals surface area contributed by atoms with E-state index < -0.39 is 6.04 Å². The number of aryl methyl sites for hydroxylation is 1. The molecule has 3 aliphatic rings. The predicted octanol–water partition coefficient (Wildman–Crippen LogP) is 1.70. The molecule has 0 saturated heterocycles. The number of carbonyl (C=O) groups is 1. The molecule has 2 unspecified atom stereocenters. The monoisotopic (exact) mass is 470 g/mol. The van der Waals surface area contributed by atoms with Gasteiger partial charge in [0.25, 0.3) is 0 Å². The quantitative estimate of drug-likeness (QED) is 0.166. The number of guanidine groups is 1. The maximum absolute atomic E-state index is 12.7. The van der Waals surface area contributed by atoms with Crippen molar-refractivity contribution in [2.45, 2.75) is 97.4 Å². The average Bonchev–Trinajstić information content (AvgIpc) is 3.04. The Bertz CT molecular complexity index is 983. The third-order valence-corrected chi connectivity index (χ3v) is 9.79. The number of esters is 1. The molecular formula is C28H46N4O2+2. The summed E-state index contributed by atoms with van der Waals surface area (Å²) in [5.41, 5.74) is 20.0. The number of nitrogens with one attached hydrogen (secondary N) is 1. The largest absolute Gasteiger partial charge is 0.422 e. The molecule has 0 bridgehead atoms. The van der Waals surface area contributed by atoms with Gasteiger partial charge in [-0.2, -0.15) is 0 Å². The second-order valence-corrected chi connectivity index (χ2v) is 12.5. The highest BCUT2D eigenvalue weighted by Gasteiger charge is 2.61. The van der Waals surface area contributed by atoms with Crippen LogP contribution in [0.25, 0.3) is 0 Å². The number of carbonyl (C=O) groups excluding carboxylic acids is 1. The average molecular weight is 471 g/mol. The van der Waals surface area contributed by atoms with Gasteiger partial charge in [0.2, 0.25) is 0 Å². The zero-order valence-corrected chi connectivity index (χ0v) is 21.9. The van der Waals surface area contributed by atoms with Crippen molar-refractivity contribution in [2.75, 3.05) is 6.54 Å². The third kappa shape index (κ3) is 4.23. The van der Waals surface area contributed by atoms with Crippen LogP contribution < -0.4 is 26.9 Å². The summed E-state index contributed by atoms with van der Waals surface area (Å²) >= 11 is 0. The van der Waals surface area contributed by atoms with Gasteiger partial charge in [-0.1, -0.05) is 34.1 Å². The smallest absolute Gasteiger partial charge is 0.370 e. The van der Waals surface area contributed by atoms with Gasteiger partial charge in [-0.05, 0) is 102 Å². The van der Waals surface area contributed by atoms with Crippen LogP contribution in [0.1, 0.15) is 89.3 Å². The molecule has 1 aromatic rings. The summed E-state index contributed by atoms with van der Waals surface area (Å²) in [4.78, 5) is 15.6. The number of nitrogens with two attached hydrogens (primary N) is 2. The Labute approximate surface area is 205 Å². The van der Waals surface area contributed by atoms with E-state index in [0.717, 1.165) is 18.8 Å². The van der Waals surface area contributed by atoms with Gasteiger partial charge < -0.3 is 10.5 Å². The van der Waals surface area contributed by atoms with Gasteiger partial charge in [0.05, 0.1) is 6.54 Å². The summed E-state index contributed by atoms with van der Waals surface area (Å²) in [6, 6.07) is 3.80. The van der Waals surface area contributed by atoms with Gasteiger partial charge in [-0.25, -0.2) is 4.79 Å². The molecule has 34 heavy (non-hydrogen) atoms. The van der Waals surface area contributed by atoms with E-state index in [4.69, 9.17) is 16.2 Å². The van der Waals surface area contributed by atoms with Crippen molar-refractivity contribution in [3.8, 4) is 5.75 Å². The fraction of sp³-hybridized carbons (Fsp3) is 0.714. The molecule has 2 saturated carbocycles. The van der Waals surface area contributed by atoms with E-state index in [9.17, 15) is 4.79 Å². The fourth-order valence-corrected chi connectivity index (χ4v) is 8.39. The Balaban J connectivity index is 1.53.